The molecule has 0 aliphatic heterocycles. The van der Waals surface area contributed by atoms with Gasteiger partial charge in [0.15, 0.2) is 5.31 Å². The van der Waals surface area contributed by atoms with Gasteiger partial charge in [0.05, 0.1) is 45.3 Å². The average Bonchev–Trinajstić information content (AvgIpc) is 2.83. The predicted molar refractivity (Wildman–Crippen MR) is 138 cm³/mol. The van der Waals surface area contributed by atoms with E-state index in [1.807, 2.05) is 0 Å². The maximum absolute atomic E-state index is 16.3. The Morgan fingerprint density at radius 2 is 1.22 bits per heavy atom. The summed E-state index contributed by atoms with van der Waals surface area (Å²) in [5, 5.41) is -0.717. The summed E-state index contributed by atoms with van der Waals surface area (Å²) in [6.45, 7) is 12.3. The maximum atomic E-state index is 16.3. The van der Waals surface area contributed by atoms with Crippen molar-refractivity contribution in [2.24, 2.45) is 0 Å². The Balaban J connectivity index is 7.64. The molecular weight excluding hydrogens is 531 g/mol. The van der Waals surface area contributed by atoms with Crippen molar-refractivity contribution in [3.63, 3.8) is 0 Å². The zero-order valence-corrected chi connectivity index (χ0v) is 24.9. The van der Waals surface area contributed by atoms with Crippen molar-refractivity contribution in [1.29, 1.82) is 0 Å². The molecular formula is C23H42FNO10P2. The molecule has 0 rings (SSSR count). The standard InChI is InChI=1S/C23H42FNO10P2/c1-9-25(10-2)20(21(23(27)31-12-4)37(29,34-15-7)35-16-8)18(24)17-19(22(26)30-11-3)36(28,32-13-5)33-14-6/h17,21H,9-16H2,1-8H3/b19-17-,20-18-. The van der Waals surface area contributed by atoms with Crippen LogP contribution in [0, 0.1) is 0 Å². The van der Waals surface area contributed by atoms with E-state index in [1.165, 1.54) is 32.6 Å². The molecule has 0 fully saturated rings. The number of allylic oxidation sites excluding steroid dienone is 2. The lowest BCUT2D eigenvalue weighted by Gasteiger charge is -2.33. The third-order valence-corrected chi connectivity index (χ3v) is 9.12. The summed E-state index contributed by atoms with van der Waals surface area (Å²) < 4.78 is 75.0. The van der Waals surface area contributed by atoms with Crippen molar-refractivity contribution in [2.45, 2.75) is 61.0 Å². The third-order valence-electron chi connectivity index (χ3n) is 4.69. The highest BCUT2D eigenvalue weighted by Crippen LogP contribution is 2.59. The highest BCUT2D eigenvalue weighted by Gasteiger charge is 2.48. The molecule has 0 heterocycles. The van der Waals surface area contributed by atoms with Crippen molar-refractivity contribution in [1.82, 2.24) is 4.90 Å². The van der Waals surface area contributed by atoms with Gasteiger partial charge in [0, 0.05) is 13.1 Å². The van der Waals surface area contributed by atoms with Crippen LogP contribution in [-0.2, 0) is 46.3 Å². The van der Waals surface area contributed by atoms with E-state index in [4.69, 9.17) is 27.6 Å². The second-order valence-electron chi connectivity index (χ2n) is 7.02. The molecule has 0 spiro atoms. The Morgan fingerprint density at radius 3 is 1.59 bits per heavy atom. The zero-order valence-electron chi connectivity index (χ0n) is 23.1. The highest BCUT2D eigenvalue weighted by atomic mass is 31.2. The van der Waals surface area contributed by atoms with Crippen LogP contribution >= 0.6 is 15.2 Å². The molecule has 0 N–H and O–H groups in total. The molecule has 1 unspecified atom stereocenters. The SMILES string of the molecule is CCOC(=O)/C(=C/C(F)=C(\C(C(=O)OCC)P(=O)(OCC)OCC)N(CC)CC)P(=O)(OCC)OCC. The fraction of sp³-hybridized carbons (Fsp3) is 0.739. The number of carbonyl (C=O) groups is 2. The lowest BCUT2D eigenvalue weighted by molar-refractivity contribution is -0.142. The Morgan fingerprint density at radius 1 is 0.757 bits per heavy atom. The van der Waals surface area contributed by atoms with Gasteiger partial charge in [-0.3, -0.25) is 13.9 Å². The fourth-order valence-electron chi connectivity index (χ4n) is 3.34. The number of esters is 2. The molecule has 0 saturated carbocycles. The summed E-state index contributed by atoms with van der Waals surface area (Å²) in [5.41, 5.74) is -2.26. The minimum absolute atomic E-state index is 0.0888. The molecule has 0 aliphatic rings. The van der Waals surface area contributed by atoms with Crippen molar-refractivity contribution >= 4 is 27.1 Å². The van der Waals surface area contributed by atoms with Crippen LogP contribution in [0.15, 0.2) is 22.9 Å². The number of hydrogen-bond donors (Lipinski definition) is 0. The summed E-state index contributed by atoms with van der Waals surface area (Å²) in [7, 11) is -8.69. The van der Waals surface area contributed by atoms with Crippen LogP contribution in [0.1, 0.15) is 55.4 Å². The number of ether oxygens (including phenoxy) is 2. The normalized spacial score (nSPS) is 14.1. The van der Waals surface area contributed by atoms with Crippen LogP contribution in [0.25, 0.3) is 0 Å². The van der Waals surface area contributed by atoms with Gasteiger partial charge in [-0.2, -0.15) is 0 Å². The van der Waals surface area contributed by atoms with E-state index in [-0.39, 0.29) is 52.7 Å². The molecule has 14 heteroatoms. The van der Waals surface area contributed by atoms with Crippen LogP contribution in [-0.4, -0.2) is 75.2 Å². The van der Waals surface area contributed by atoms with Gasteiger partial charge in [-0.15, -0.1) is 0 Å². The first-order chi connectivity index (χ1) is 17.5. The molecule has 216 valence electrons. The monoisotopic (exact) mass is 573 g/mol. The second kappa shape index (κ2) is 17.9. The first-order valence-electron chi connectivity index (χ1n) is 12.5. The van der Waals surface area contributed by atoms with Gasteiger partial charge in [0.1, 0.15) is 5.83 Å². The zero-order chi connectivity index (χ0) is 28.6. The van der Waals surface area contributed by atoms with E-state index < -0.39 is 49.6 Å². The van der Waals surface area contributed by atoms with Crippen LogP contribution in [0.4, 0.5) is 4.39 Å². The molecule has 0 radical (unpaired) electrons. The molecule has 0 bridgehead atoms. The topological polar surface area (TPSA) is 127 Å². The summed E-state index contributed by atoms with van der Waals surface area (Å²) in [4.78, 5) is 27.4. The van der Waals surface area contributed by atoms with E-state index >= 15 is 4.39 Å². The van der Waals surface area contributed by atoms with Crippen molar-refractivity contribution in [2.75, 3.05) is 52.7 Å². The van der Waals surface area contributed by atoms with Crippen LogP contribution in [0.3, 0.4) is 0 Å². The van der Waals surface area contributed by atoms with Crippen molar-refractivity contribution < 1.29 is 50.7 Å². The van der Waals surface area contributed by atoms with Crippen molar-refractivity contribution in [3.8, 4) is 0 Å². The number of rotatable bonds is 19. The average molecular weight is 574 g/mol. The second-order valence-corrected chi connectivity index (χ2v) is 11.1. The molecule has 37 heavy (non-hydrogen) atoms. The van der Waals surface area contributed by atoms with Gasteiger partial charge in [-0.25, -0.2) is 9.18 Å². The summed E-state index contributed by atoms with van der Waals surface area (Å²) in [6, 6.07) is 0. The van der Waals surface area contributed by atoms with Gasteiger partial charge in [0.25, 0.3) is 0 Å². The molecule has 0 aromatic carbocycles. The lowest BCUT2D eigenvalue weighted by Crippen LogP contribution is -2.37. The summed E-state index contributed by atoms with van der Waals surface area (Å²) in [5.74, 6) is -3.38. The number of carbonyl (C=O) groups excluding carboxylic acids is 2. The van der Waals surface area contributed by atoms with E-state index in [2.05, 4.69) is 0 Å². The predicted octanol–water partition coefficient (Wildman–Crippen LogP) is 5.42. The fourth-order valence-corrected chi connectivity index (χ4v) is 6.95. The first-order valence-corrected chi connectivity index (χ1v) is 15.6. The van der Waals surface area contributed by atoms with Crippen LogP contribution in [0.5, 0.6) is 0 Å². The van der Waals surface area contributed by atoms with Gasteiger partial charge >= 0.3 is 27.1 Å². The Kier molecular flexibility index (Phi) is 17.1. The summed E-state index contributed by atoms with van der Waals surface area (Å²) >= 11 is 0. The number of nitrogens with zero attached hydrogens (tertiary/aromatic N) is 1. The molecule has 0 amide bonds. The molecule has 0 aromatic rings. The Labute approximate surface area is 219 Å². The van der Waals surface area contributed by atoms with E-state index in [0.717, 1.165) is 0 Å². The molecule has 11 nitrogen and oxygen atoms in total. The van der Waals surface area contributed by atoms with E-state index in [9.17, 15) is 18.7 Å². The highest BCUT2D eigenvalue weighted by molar-refractivity contribution is 7.60. The molecule has 0 aromatic heterocycles. The largest absolute Gasteiger partial charge is 0.465 e. The van der Waals surface area contributed by atoms with Crippen LogP contribution < -0.4 is 0 Å². The van der Waals surface area contributed by atoms with Crippen LogP contribution in [0.2, 0.25) is 0 Å². The molecule has 0 aliphatic carbocycles. The van der Waals surface area contributed by atoms with E-state index in [0.29, 0.717) is 6.08 Å². The quantitative estimate of drug-likeness (QED) is 0.0851. The van der Waals surface area contributed by atoms with E-state index in [1.54, 1.807) is 27.7 Å². The van der Waals surface area contributed by atoms with Crippen molar-refractivity contribution in [3.05, 3.63) is 22.9 Å². The molecule has 0 saturated heterocycles. The first kappa shape index (κ1) is 35.5. The smallest absolute Gasteiger partial charge is 0.368 e. The van der Waals surface area contributed by atoms with Gasteiger partial charge < -0.3 is 32.5 Å². The Hall–Kier alpha value is -1.55. The van der Waals surface area contributed by atoms with Gasteiger partial charge in [-0.05, 0) is 61.5 Å². The molecule has 1 atom stereocenters. The lowest BCUT2D eigenvalue weighted by atomic mass is 10.2. The maximum Gasteiger partial charge on any atom is 0.368 e. The third kappa shape index (κ3) is 9.93. The summed E-state index contributed by atoms with van der Waals surface area (Å²) in [6.07, 6.45) is 0.631. The minimum Gasteiger partial charge on any atom is -0.465 e. The Bertz CT molecular complexity index is 869. The van der Waals surface area contributed by atoms with Gasteiger partial charge in [0.2, 0.25) is 5.66 Å². The van der Waals surface area contributed by atoms with Gasteiger partial charge in [-0.1, -0.05) is 0 Å². The minimum atomic E-state index is -4.34. The number of halogens is 1. The number of hydrogen-bond acceptors (Lipinski definition) is 11.